The lowest BCUT2D eigenvalue weighted by molar-refractivity contribution is -0.122. The Morgan fingerprint density at radius 3 is 2.59 bits per heavy atom. The van der Waals surface area contributed by atoms with Crippen molar-refractivity contribution in [3.05, 3.63) is 0 Å². The van der Waals surface area contributed by atoms with Gasteiger partial charge in [0.1, 0.15) is 6.61 Å². The number of carbonyl (C=O) groups is 1. The Kier molecular flexibility index (Phi) is 10.5. The summed E-state index contributed by atoms with van der Waals surface area (Å²) in [6.45, 7) is 19.3. The Balaban J connectivity index is 2.08. The van der Waals surface area contributed by atoms with E-state index in [-0.39, 0.29) is 13.9 Å². The minimum absolute atomic E-state index is 0.172. The monoisotopic (exact) mass is 428 g/mol. The number of carbonyl (C=O) groups excluding carboxylic acids is 1. The fraction of sp³-hybridized carbons (Fsp3) is 0.955. The van der Waals surface area contributed by atoms with E-state index in [2.05, 4.69) is 67.7 Å². The third-order valence-electron chi connectivity index (χ3n) is 6.50. The molecule has 0 aromatic carbocycles. The van der Waals surface area contributed by atoms with Crippen molar-refractivity contribution in [3.8, 4) is 0 Å². The van der Waals surface area contributed by atoms with Gasteiger partial charge < -0.3 is 4.74 Å². The molecule has 2 aliphatic rings. The van der Waals surface area contributed by atoms with Gasteiger partial charge in [0.05, 0.1) is 13.3 Å². The normalized spacial score (nSPS) is 28.0. The molecule has 2 saturated heterocycles. The van der Waals surface area contributed by atoms with Crippen LogP contribution >= 0.6 is 8.07 Å². The van der Waals surface area contributed by atoms with Crippen molar-refractivity contribution >= 4 is 13.9 Å². The van der Waals surface area contributed by atoms with Crippen LogP contribution in [0.3, 0.4) is 0 Å². The number of ether oxygens (including phenoxy) is 1. The summed E-state index contributed by atoms with van der Waals surface area (Å²) in [7, 11) is 2.05. The first-order chi connectivity index (χ1) is 13.7. The zero-order chi connectivity index (χ0) is 21.6. The topological polar surface area (TPSA) is 39.3 Å². The quantitative estimate of drug-likeness (QED) is 0.579. The van der Waals surface area contributed by atoms with Crippen molar-refractivity contribution in [3.63, 3.8) is 0 Å². The van der Waals surface area contributed by atoms with Gasteiger partial charge in [-0.2, -0.15) is 0 Å². The lowest BCUT2D eigenvalue weighted by atomic mass is 9.92. The molecule has 0 N–H and O–H groups in total. The second-order valence-electron chi connectivity index (χ2n) is 9.71. The SMILES string of the molecule is CC(C)N(C)CN1CCN(C(C)C)P(C)CN(C(C)CC2CCOCC(=O)C2)C1. The minimum atomic E-state index is -0.172. The van der Waals surface area contributed by atoms with Gasteiger partial charge in [0.2, 0.25) is 0 Å². The summed E-state index contributed by atoms with van der Waals surface area (Å²) in [6.07, 6.45) is 3.95. The van der Waals surface area contributed by atoms with E-state index >= 15 is 0 Å². The number of Topliss-reactive ketones (excluding diaryl/α,β-unsaturated/α-hetero) is 1. The van der Waals surface area contributed by atoms with Crippen LogP contribution in [0.2, 0.25) is 0 Å². The Bertz CT molecular complexity index is 505. The molecule has 0 spiro atoms. The third-order valence-corrected chi connectivity index (χ3v) is 8.81. The van der Waals surface area contributed by atoms with E-state index in [1.807, 2.05) is 0 Å². The summed E-state index contributed by atoms with van der Waals surface area (Å²) in [6, 6.07) is 1.62. The van der Waals surface area contributed by atoms with Gasteiger partial charge in [-0.1, -0.05) is 0 Å². The molecular formula is C22H45N4O2P. The molecule has 3 unspecified atom stereocenters. The standard InChI is InChI=1S/C22H45N4O2P/c1-18(2)23(6)15-24-9-10-26(19(3)4)29(7)17-25(16-24)20(5)12-21-8-11-28-14-22(27)13-21/h18-21H,8-17H2,1-7H3. The largest absolute Gasteiger partial charge is 0.374 e. The smallest absolute Gasteiger partial charge is 0.158 e. The molecule has 2 aliphatic heterocycles. The van der Waals surface area contributed by atoms with Crippen molar-refractivity contribution in [1.29, 1.82) is 0 Å². The van der Waals surface area contributed by atoms with E-state index in [0.717, 1.165) is 52.2 Å². The van der Waals surface area contributed by atoms with E-state index in [1.165, 1.54) is 0 Å². The molecule has 2 fully saturated rings. The zero-order valence-corrected chi connectivity index (χ0v) is 20.8. The van der Waals surface area contributed by atoms with Crippen LogP contribution in [-0.2, 0) is 9.53 Å². The van der Waals surface area contributed by atoms with Crippen LogP contribution in [0.1, 0.15) is 53.9 Å². The molecular weight excluding hydrogens is 383 g/mol. The van der Waals surface area contributed by atoms with Crippen LogP contribution in [0, 0.1) is 5.92 Å². The fourth-order valence-electron chi connectivity index (χ4n) is 4.41. The highest BCUT2D eigenvalue weighted by molar-refractivity contribution is 7.54. The molecule has 7 heteroatoms. The average Bonchev–Trinajstić information content (AvgIpc) is 2.82. The second-order valence-corrected chi connectivity index (χ2v) is 11.8. The molecule has 170 valence electrons. The van der Waals surface area contributed by atoms with Gasteiger partial charge in [0, 0.05) is 50.5 Å². The maximum absolute atomic E-state index is 12.0. The van der Waals surface area contributed by atoms with Gasteiger partial charge in [-0.05, 0) is 75.2 Å². The Hall–Kier alpha value is -0.100. The van der Waals surface area contributed by atoms with Crippen LogP contribution in [0.15, 0.2) is 0 Å². The second kappa shape index (κ2) is 12.1. The van der Waals surface area contributed by atoms with Crippen LogP contribution < -0.4 is 0 Å². The maximum atomic E-state index is 12.0. The van der Waals surface area contributed by atoms with Crippen molar-refractivity contribution in [2.75, 3.05) is 59.6 Å². The van der Waals surface area contributed by atoms with Crippen LogP contribution in [-0.4, -0.2) is 103 Å². The average molecular weight is 429 g/mol. The Morgan fingerprint density at radius 2 is 1.93 bits per heavy atom. The van der Waals surface area contributed by atoms with Gasteiger partial charge >= 0.3 is 0 Å². The van der Waals surface area contributed by atoms with Crippen LogP contribution in [0.4, 0.5) is 0 Å². The van der Waals surface area contributed by atoms with Gasteiger partial charge in [-0.25, -0.2) is 0 Å². The summed E-state index contributed by atoms with van der Waals surface area (Å²) >= 11 is 0. The van der Waals surface area contributed by atoms with Crippen molar-refractivity contribution in [2.45, 2.75) is 72.0 Å². The molecule has 0 radical (unpaired) electrons. The first kappa shape index (κ1) is 25.2. The van der Waals surface area contributed by atoms with Crippen LogP contribution in [0.5, 0.6) is 0 Å². The van der Waals surface area contributed by atoms with Gasteiger partial charge in [0.25, 0.3) is 0 Å². The predicted octanol–water partition coefficient (Wildman–Crippen LogP) is 3.33. The lowest BCUT2D eigenvalue weighted by Crippen LogP contribution is -2.52. The molecule has 0 aliphatic carbocycles. The Morgan fingerprint density at radius 1 is 1.21 bits per heavy atom. The molecule has 0 saturated carbocycles. The van der Waals surface area contributed by atoms with E-state index in [9.17, 15) is 4.79 Å². The molecule has 0 bridgehead atoms. The van der Waals surface area contributed by atoms with E-state index in [0.29, 0.717) is 37.1 Å². The number of nitrogens with zero attached hydrogens (tertiary/aromatic N) is 4. The zero-order valence-electron chi connectivity index (χ0n) is 19.9. The Labute approximate surface area is 180 Å². The molecule has 29 heavy (non-hydrogen) atoms. The van der Waals surface area contributed by atoms with Gasteiger partial charge in [-0.3, -0.25) is 24.2 Å². The minimum Gasteiger partial charge on any atom is -0.374 e. The molecule has 2 heterocycles. The highest BCUT2D eigenvalue weighted by Gasteiger charge is 2.30. The first-order valence-corrected chi connectivity index (χ1v) is 13.3. The van der Waals surface area contributed by atoms with Crippen molar-refractivity contribution in [1.82, 2.24) is 19.4 Å². The maximum Gasteiger partial charge on any atom is 0.158 e. The van der Waals surface area contributed by atoms with E-state index < -0.39 is 0 Å². The number of rotatable bonds is 7. The van der Waals surface area contributed by atoms with Crippen LogP contribution in [0.25, 0.3) is 0 Å². The highest BCUT2D eigenvalue weighted by atomic mass is 31.1. The summed E-state index contributed by atoms with van der Waals surface area (Å²) in [5, 5.41) is 0. The highest BCUT2D eigenvalue weighted by Crippen LogP contribution is 2.40. The molecule has 0 amide bonds. The fourth-order valence-corrected chi connectivity index (χ4v) is 6.68. The van der Waals surface area contributed by atoms with Gasteiger partial charge in [0.15, 0.2) is 5.78 Å². The molecule has 0 aromatic rings. The summed E-state index contributed by atoms with van der Waals surface area (Å²) in [5.41, 5.74) is 0. The number of hydrogen-bond acceptors (Lipinski definition) is 6. The molecule has 0 aromatic heterocycles. The van der Waals surface area contributed by atoms with E-state index in [4.69, 9.17) is 4.74 Å². The summed E-state index contributed by atoms with van der Waals surface area (Å²) in [5.74, 6) is 0.734. The summed E-state index contributed by atoms with van der Waals surface area (Å²) < 4.78 is 8.17. The first-order valence-electron chi connectivity index (χ1n) is 11.4. The summed E-state index contributed by atoms with van der Waals surface area (Å²) in [4.78, 5) is 19.7. The van der Waals surface area contributed by atoms with Crippen molar-refractivity contribution in [2.24, 2.45) is 5.92 Å². The molecule has 2 rings (SSSR count). The number of hydrogen-bond donors (Lipinski definition) is 0. The third kappa shape index (κ3) is 8.16. The van der Waals surface area contributed by atoms with Crippen molar-refractivity contribution < 1.29 is 9.53 Å². The number of ketones is 1. The molecule has 3 atom stereocenters. The van der Waals surface area contributed by atoms with E-state index in [1.54, 1.807) is 0 Å². The lowest BCUT2D eigenvalue weighted by Gasteiger charge is -2.45. The predicted molar refractivity (Wildman–Crippen MR) is 123 cm³/mol. The molecule has 6 nitrogen and oxygen atoms in total. The van der Waals surface area contributed by atoms with Gasteiger partial charge in [-0.15, -0.1) is 0 Å².